The van der Waals surface area contributed by atoms with Crippen LogP contribution >= 0.6 is 0 Å². The number of carbonyl (C=O) groups is 1. The zero-order valence-electron chi connectivity index (χ0n) is 17.1. The Bertz CT molecular complexity index is 1130. The standard InChI is InChI=1S/C24H23N3O4/c1-29-18-5-3-2-4-17(18)22(25)15-6-9-21(26-13-15)27-23(28)24(10-11-24)16-7-8-19-20(12-16)31-14-30-19/h2-9,12-13,22H,10-11,14,25H2,1H3,(H,26,27,28). The summed E-state index contributed by atoms with van der Waals surface area (Å²) in [4.78, 5) is 17.5. The molecule has 2 aromatic carbocycles. The van der Waals surface area contributed by atoms with Crippen molar-refractivity contribution in [1.29, 1.82) is 0 Å². The number of carbonyl (C=O) groups excluding carboxylic acids is 1. The van der Waals surface area contributed by atoms with Crippen molar-refractivity contribution >= 4 is 11.7 Å². The Morgan fingerprint density at radius 1 is 1.13 bits per heavy atom. The second-order valence-corrected chi connectivity index (χ2v) is 7.80. The van der Waals surface area contributed by atoms with E-state index in [1.807, 2.05) is 48.5 Å². The van der Waals surface area contributed by atoms with Gasteiger partial charge in [0.25, 0.3) is 0 Å². The first-order chi connectivity index (χ1) is 15.1. The summed E-state index contributed by atoms with van der Waals surface area (Å²) in [5, 5.41) is 2.95. The second-order valence-electron chi connectivity index (χ2n) is 7.80. The zero-order valence-corrected chi connectivity index (χ0v) is 17.1. The van der Waals surface area contributed by atoms with Crippen molar-refractivity contribution in [3.05, 3.63) is 77.5 Å². The predicted octanol–water partition coefficient (Wildman–Crippen LogP) is 3.54. The summed E-state index contributed by atoms with van der Waals surface area (Å²) in [5.74, 6) is 2.55. The van der Waals surface area contributed by atoms with Crippen LogP contribution in [0.25, 0.3) is 0 Å². The van der Waals surface area contributed by atoms with E-state index in [0.29, 0.717) is 17.3 Å². The van der Waals surface area contributed by atoms with Crippen molar-refractivity contribution < 1.29 is 19.0 Å². The van der Waals surface area contributed by atoms with Gasteiger partial charge in [0.15, 0.2) is 11.5 Å². The molecule has 1 aliphatic heterocycles. The zero-order chi connectivity index (χ0) is 21.4. The number of nitrogens with two attached hydrogens (primary N) is 1. The second kappa shape index (κ2) is 7.59. The lowest BCUT2D eigenvalue weighted by atomic mass is 9.94. The molecule has 1 saturated carbocycles. The van der Waals surface area contributed by atoms with E-state index < -0.39 is 5.41 Å². The van der Waals surface area contributed by atoms with Gasteiger partial charge >= 0.3 is 0 Å². The van der Waals surface area contributed by atoms with E-state index in [9.17, 15) is 4.79 Å². The van der Waals surface area contributed by atoms with Crippen molar-refractivity contribution in [1.82, 2.24) is 4.98 Å². The number of amides is 1. The van der Waals surface area contributed by atoms with Crippen LogP contribution in [0.5, 0.6) is 17.2 Å². The third kappa shape index (κ3) is 3.47. The Kier molecular flexibility index (Phi) is 4.75. The highest BCUT2D eigenvalue weighted by Gasteiger charge is 2.51. The average Bonchev–Trinajstić information content (AvgIpc) is 3.50. The van der Waals surface area contributed by atoms with Gasteiger partial charge in [0, 0.05) is 11.8 Å². The molecular weight excluding hydrogens is 394 g/mol. The molecule has 0 saturated heterocycles. The topological polar surface area (TPSA) is 95.7 Å². The van der Waals surface area contributed by atoms with Crippen molar-refractivity contribution in [2.45, 2.75) is 24.3 Å². The molecule has 7 heteroatoms. The summed E-state index contributed by atoms with van der Waals surface area (Å²) < 4.78 is 16.2. The number of hydrogen-bond acceptors (Lipinski definition) is 6. The summed E-state index contributed by atoms with van der Waals surface area (Å²) in [7, 11) is 1.62. The van der Waals surface area contributed by atoms with Gasteiger partial charge in [-0.3, -0.25) is 4.79 Å². The molecule has 0 radical (unpaired) electrons. The maximum atomic E-state index is 13.1. The minimum atomic E-state index is -0.546. The van der Waals surface area contributed by atoms with Crippen molar-refractivity contribution in [3.8, 4) is 17.2 Å². The molecule has 0 spiro atoms. The summed E-state index contributed by atoms with van der Waals surface area (Å²) in [6.45, 7) is 0.214. The van der Waals surface area contributed by atoms with Crippen LogP contribution in [0.1, 0.15) is 35.6 Å². The summed E-state index contributed by atoms with van der Waals surface area (Å²) in [5.41, 5.74) is 8.51. The lowest BCUT2D eigenvalue weighted by molar-refractivity contribution is -0.118. The molecule has 1 aliphatic carbocycles. The molecule has 1 atom stereocenters. The molecule has 1 amide bonds. The van der Waals surface area contributed by atoms with Crippen LogP contribution in [0.2, 0.25) is 0 Å². The maximum Gasteiger partial charge on any atom is 0.236 e. The minimum Gasteiger partial charge on any atom is -0.496 e. The number of ether oxygens (including phenoxy) is 3. The van der Waals surface area contributed by atoms with E-state index in [-0.39, 0.29) is 18.7 Å². The molecule has 2 heterocycles. The lowest BCUT2D eigenvalue weighted by Crippen LogP contribution is -2.28. The Morgan fingerprint density at radius 3 is 2.68 bits per heavy atom. The molecule has 1 unspecified atom stereocenters. The summed E-state index contributed by atoms with van der Waals surface area (Å²) in [6, 6.07) is 16.6. The van der Waals surface area contributed by atoms with Gasteiger partial charge in [0.1, 0.15) is 11.6 Å². The molecule has 1 aromatic heterocycles. The highest BCUT2D eigenvalue weighted by Crippen LogP contribution is 2.51. The number of nitrogens with zero attached hydrogens (tertiary/aromatic N) is 1. The number of methoxy groups -OCH3 is 1. The van der Waals surface area contributed by atoms with E-state index in [4.69, 9.17) is 19.9 Å². The van der Waals surface area contributed by atoms with Crippen LogP contribution in [0, 0.1) is 0 Å². The van der Waals surface area contributed by atoms with Gasteiger partial charge in [-0.25, -0.2) is 4.98 Å². The number of hydrogen-bond donors (Lipinski definition) is 2. The molecule has 3 aromatic rings. The number of fused-ring (bicyclic) bond motifs is 1. The molecule has 3 N–H and O–H groups in total. The number of aromatic nitrogens is 1. The minimum absolute atomic E-state index is 0.0688. The molecule has 1 fully saturated rings. The van der Waals surface area contributed by atoms with Crippen molar-refractivity contribution in [2.75, 3.05) is 19.2 Å². The van der Waals surface area contributed by atoms with Crippen LogP contribution in [0.15, 0.2) is 60.8 Å². The Balaban J connectivity index is 1.31. The first kappa shape index (κ1) is 19.4. The molecule has 158 valence electrons. The van der Waals surface area contributed by atoms with Crippen LogP contribution in [-0.4, -0.2) is 24.8 Å². The van der Waals surface area contributed by atoms with E-state index in [1.54, 1.807) is 19.4 Å². The van der Waals surface area contributed by atoms with Crippen LogP contribution in [0.3, 0.4) is 0 Å². The Labute approximate surface area is 180 Å². The number of nitrogens with one attached hydrogen (secondary N) is 1. The molecule has 2 aliphatic rings. The van der Waals surface area contributed by atoms with Gasteiger partial charge in [0.05, 0.1) is 18.6 Å². The number of benzene rings is 2. The predicted molar refractivity (Wildman–Crippen MR) is 115 cm³/mol. The molecular formula is C24H23N3O4. The molecule has 31 heavy (non-hydrogen) atoms. The largest absolute Gasteiger partial charge is 0.496 e. The van der Waals surface area contributed by atoms with Crippen LogP contribution in [0.4, 0.5) is 5.82 Å². The third-order valence-corrected chi connectivity index (χ3v) is 5.97. The van der Waals surface area contributed by atoms with Crippen molar-refractivity contribution in [2.24, 2.45) is 5.73 Å². The lowest BCUT2D eigenvalue weighted by Gasteiger charge is -2.17. The van der Waals surface area contributed by atoms with E-state index in [0.717, 1.165) is 35.3 Å². The Hall–Kier alpha value is -3.58. The van der Waals surface area contributed by atoms with Crippen molar-refractivity contribution in [3.63, 3.8) is 0 Å². The maximum absolute atomic E-state index is 13.1. The van der Waals surface area contributed by atoms with Gasteiger partial charge < -0.3 is 25.3 Å². The van der Waals surface area contributed by atoms with E-state index in [1.165, 1.54) is 0 Å². The highest BCUT2D eigenvalue weighted by molar-refractivity contribution is 6.01. The van der Waals surface area contributed by atoms with Gasteiger partial charge in [-0.05, 0) is 48.2 Å². The normalized spacial score (nSPS) is 16.5. The Morgan fingerprint density at radius 2 is 1.94 bits per heavy atom. The molecule has 0 bridgehead atoms. The van der Waals surface area contributed by atoms with E-state index in [2.05, 4.69) is 10.3 Å². The highest BCUT2D eigenvalue weighted by atomic mass is 16.7. The number of pyridine rings is 1. The number of rotatable bonds is 6. The monoisotopic (exact) mass is 417 g/mol. The number of para-hydroxylation sites is 1. The van der Waals surface area contributed by atoms with E-state index >= 15 is 0 Å². The smallest absolute Gasteiger partial charge is 0.236 e. The first-order valence-corrected chi connectivity index (χ1v) is 10.2. The fourth-order valence-electron chi connectivity index (χ4n) is 3.97. The van der Waals surface area contributed by atoms with Gasteiger partial charge in [-0.2, -0.15) is 0 Å². The van der Waals surface area contributed by atoms with Crippen LogP contribution < -0.4 is 25.3 Å². The quantitative estimate of drug-likeness (QED) is 0.637. The average molecular weight is 417 g/mol. The van der Waals surface area contributed by atoms with Gasteiger partial charge in [0.2, 0.25) is 12.7 Å². The SMILES string of the molecule is COc1ccccc1C(N)c1ccc(NC(=O)C2(c3ccc4c(c3)OCO4)CC2)nc1. The van der Waals surface area contributed by atoms with Gasteiger partial charge in [-0.15, -0.1) is 0 Å². The summed E-state index contributed by atoms with van der Waals surface area (Å²) >= 11 is 0. The number of anilines is 1. The van der Waals surface area contributed by atoms with Crippen LogP contribution in [-0.2, 0) is 10.2 Å². The molecule has 5 rings (SSSR count). The first-order valence-electron chi connectivity index (χ1n) is 10.2. The molecule has 7 nitrogen and oxygen atoms in total. The third-order valence-electron chi connectivity index (χ3n) is 5.97. The summed E-state index contributed by atoms with van der Waals surface area (Å²) in [6.07, 6.45) is 3.26. The fourth-order valence-corrected chi connectivity index (χ4v) is 3.97. The fraction of sp³-hybridized carbons (Fsp3) is 0.250. The van der Waals surface area contributed by atoms with Gasteiger partial charge in [-0.1, -0.05) is 30.3 Å².